The Kier molecular flexibility index (Phi) is 22.7. The van der Waals surface area contributed by atoms with Gasteiger partial charge in [-0.25, -0.2) is 12.1 Å². The van der Waals surface area contributed by atoms with E-state index in [1.807, 2.05) is 0 Å². The van der Waals surface area contributed by atoms with Crippen molar-refractivity contribution in [1.82, 2.24) is 0 Å². The van der Waals surface area contributed by atoms with E-state index in [2.05, 4.69) is 133 Å². The molecule has 0 heterocycles. The molecule has 2 aromatic carbocycles. The second kappa shape index (κ2) is 18.6. The van der Waals surface area contributed by atoms with E-state index in [0.717, 1.165) is 11.1 Å². The molecular weight excluding hydrogens is 551 g/mol. The molecule has 0 aliphatic rings. The predicted molar refractivity (Wildman–Crippen MR) is 147 cm³/mol. The van der Waals surface area contributed by atoms with Crippen molar-refractivity contribution in [2.45, 2.75) is 131 Å². The first-order chi connectivity index (χ1) is 13.9. The summed E-state index contributed by atoms with van der Waals surface area (Å²) in [6, 6.07) is 13.6. The fraction of sp³-hybridized carbons (Fsp3) is 0.667. The van der Waals surface area contributed by atoms with Gasteiger partial charge in [-0.15, -0.1) is 0 Å². The van der Waals surface area contributed by atoms with Crippen LogP contribution in [-0.2, 0) is 37.0 Å². The maximum Gasteiger partial charge on any atom is 4.00 e. The van der Waals surface area contributed by atoms with E-state index in [4.69, 9.17) is 0 Å². The molecule has 0 atom stereocenters. The minimum atomic E-state index is 0. The van der Waals surface area contributed by atoms with Crippen LogP contribution in [0.5, 0.6) is 0 Å². The minimum absolute atomic E-state index is 0. The van der Waals surface area contributed by atoms with Gasteiger partial charge < -0.3 is 24.8 Å². The van der Waals surface area contributed by atoms with Crippen molar-refractivity contribution >= 4 is 9.52 Å². The molecule has 0 aromatic heterocycles. The maximum atomic E-state index is 2.32. The quantitative estimate of drug-likeness (QED) is 0.369. The van der Waals surface area contributed by atoms with Crippen molar-refractivity contribution in [1.29, 1.82) is 0 Å². The van der Waals surface area contributed by atoms with Crippen LogP contribution in [0.3, 0.4) is 0 Å². The van der Waals surface area contributed by atoms with Gasteiger partial charge in [0.15, 0.2) is 0 Å². The van der Waals surface area contributed by atoms with Crippen LogP contribution in [0.4, 0.5) is 0 Å². The zero-order valence-corrected chi connectivity index (χ0v) is 29.7. The Bertz CT molecular complexity index is 663. The summed E-state index contributed by atoms with van der Waals surface area (Å²) in [6.45, 7) is 31.7. The SMILES string of the molecule is CC(C)[SiH]C(C)C.CC(C)c1cc(C(C)(C)C)c[cH-]1.CC(C)c1cc(C(C)(C)C)c[cH-]1.[Cl-].[Cl-].[Zr+4]. The van der Waals surface area contributed by atoms with Crippen LogP contribution >= 0.6 is 0 Å². The molecule has 0 saturated heterocycles. The molecule has 0 aliphatic carbocycles. The average molecular weight is 604 g/mol. The summed E-state index contributed by atoms with van der Waals surface area (Å²) in [4.78, 5) is 0. The average Bonchev–Trinajstić information content (AvgIpc) is 3.24. The van der Waals surface area contributed by atoms with E-state index in [1.165, 1.54) is 22.3 Å². The molecule has 0 spiro atoms. The van der Waals surface area contributed by atoms with Crippen molar-refractivity contribution in [2.24, 2.45) is 0 Å². The van der Waals surface area contributed by atoms with E-state index in [0.29, 0.717) is 32.2 Å². The fourth-order valence-electron chi connectivity index (χ4n) is 3.34. The van der Waals surface area contributed by atoms with Crippen molar-refractivity contribution in [3.05, 3.63) is 58.7 Å². The van der Waals surface area contributed by atoms with Crippen LogP contribution < -0.4 is 24.8 Å². The summed E-state index contributed by atoms with van der Waals surface area (Å²) < 4.78 is 0. The van der Waals surface area contributed by atoms with Crippen molar-refractivity contribution < 1.29 is 51.0 Å². The Morgan fingerprint density at radius 2 is 0.853 bits per heavy atom. The molecule has 0 saturated carbocycles. The third-order valence-corrected chi connectivity index (χ3v) is 6.93. The summed E-state index contributed by atoms with van der Waals surface area (Å²) in [5.41, 5.74) is 8.33. The van der Waals surface area contributed by atoms with Crippen LogP contribution in [0.25, 0.3) is 0 Å². The van der Waals surface area contributed by atoms with E-state index >= 15 is 0 Å². The van der Waals surface area contributed by atoms with Gasteiger partial charge in [-0.2, -0.15) is 46.5 Å². The third-order valence-electron chi connectivity index (χ3n) is 5.39. The maximum absolute atomic E-state index is 2.32. The van der Waals surface area contributed by atoms with Crippen molar-refractivity contribution in [2.75, 3.05) is 0 Å². The largest absolute Gasteiger partial charge is 4.00 e. The van der Waals surface area contributed by atoms with Crippen molar-refractivity contribution in [3.63, 3.8) is 0 Å². The van der Waals surface area contributed by atoms with Crippen LogP contribution in [0.1, 0.15) is 131 Å². The molecule has 0 nitrogen and oxygen atoms in total. The Hall–Kier alpha value is 0.380. The van der Waals surface area contributed by atoms with Crippen molar-refractivity contribution in [3.8, 4) is 0 Å². The van der Waals surface area contributed by atoms with Crippen LogP contribution in [0.15, 0.2) is 36.4 Å². The Morgan fingerprint density at radius 3 is 0.941 bits per heavy atom. The molecule has 0 N–H and O–H groups in total. The topological polar surface area (TPSA) is 0 Å². The molecule has 0 bridgehead atoms. The van der Waals surface area contributed by atoms with Gasteiger partial charge in [-0.1, -0.05) is 119 Å². The molecule has 0 fully saturated rings. The van der Waals surface area contributed by atoms with Crippen LogP contribution in [0.2, 0.25) is 11.1 Å². The fourth-order valence-corrected chi connectivity index (χ4v) is 4.88. The molecule has 34 heavy (non-hydrogen) atoms. The molecule has 2 rings (SSSR count). The van der Waals surface area contributed by atoms with Gasteiger partial charge in [0.2, 0.25) is 0 Å². The summed E-state index contributed by atoms with van der Waals surface area (Å²) in [5.74, 6) is 1.31. The smallest absolute Gasteiger partial charge is 1.00 e. The summed E-state index contributed by atoms with van der Waals surface area (Å²) >= 11 is 0. The molecule has 0 amide bonds. The first-order valence-corrected chi connectivity index (χ1v) is 13.7. The summed E-state index contributed by atoms with van der Waals surface area (Å²) in [6.07, 6.45) is 0. The second-order valence-corrected chi connectivity index (χ2v) is 15.4. The van der Waals surface area contributed by atoms with Gasteiger partial charge in [0, 0.05) is 9.52 Å². The normalized spacial score (nSPS) is 11.1. The number of rotatable bonds is 4. The van der Waals surface area contributed by atoms with E-state index in [1.54, 1.807) is 0 Å². The zero-order valence-electron chi connectivity index (χ0n) is 24.6. The molecule has 2 aromatic rings. The number of hydrogen-bond acceptors (Lipinski definition) is 0. The number of hydrogen-bond donors (Lipinski definition) is 0. The van der Waals surface area contributed by atoms with Crippen LogP contribution in [0, 0.1) is 0 Å². The molecule has 4 heteroatoms. The zero-order chi connectivity index (χ0) is 24.6. The first kappa shape index (κ1) is 41.5. The molecule has 195 valence electrons. The predicted octanol–water partition coefficient (Wildman–Crippen LogP) is 3.74. The standard InChI is InChI=1S/2C12H19.C6H15Si.2ClH.Zr/c2*1-9(2)10-6-7-11(8-10)12(3,4)5;1-5(2)7-6(3)4;;;/h2*6-9H,1-5H3;5-7H,1-4H3;2*1H;/q2*-1;;;;+4/p-2. The molecule has 0 unspecified atom stereocenters. The molecule has 1 radical (unpaired) electrons. The molecule has 0 aliphatic heterocycles. The number of halogens is 2. The van der Waals surface area contributed by atoms with E-state index < -0.39 is 0 Å². The summed E-state index contributed by atoms with van der Waals surface area (Å²) in [7, 11) is 0.713. The van der Waals surface area contributed by atoms with Gasteiger partial charge in [-0.3, -0.25) is 0 Å². The van der Waals surface area contributed by atoms with Gasteiger partial charge in [0.1, 0.15) is 0 Å². The summed E-state index contributed by atoms with van der Waals surface area (Å²) in [5, 5.41) is 0. The first-order valence-electron chi connectivity index (χ1n) is 12.3. The third kappa shape index (κ3) is 17.8. The molecular formula is C30H53Cl2SiZr. The van der Waals surface area contributed by atoms with Crippen LogP contribution in [-0.4, -0.2) is 9.52 Å². The second-order valence-electron chi connectivity index (χ2n) is 12.4. The Morgan fingerprint density at radius 1 is 0.588 bits per heavy atom. The van der Waals surface area contributed by atoms with E-state index in [-0.39, 0.29) is 51.0 Å². The van der Waals surface area contributed by atoms with Gasteiger partial charge in [0.05, 0.1) is 0 Å². The monoisotopic (exact) mass is 601 g/mol. The Balaban J connectivity index is -0.000000197. The van der Waals surface area contributed by atoms with Gasteiger partial charge >= 0.3 is 26.2 Å². The Labute approximate surface area is 248 Å². The van der Waals surface area contributed by atoms with Gasteiger partial charge in [-0.05, 0) is 11.8 Å². The van der Waals surface area contributed by atoms with E-state index in [9.17, 15) is 0 Å². The van der Waals surface area contributed by atoms with Gasteiger partial charge in [0.25, 0.3) is 0 Å². The minimum Gasteiger partial charge on any atom is -1.00 e.